The summed E-state index contributed by atoms with van der Waals surface area (Å²) in [6.07, 6.45) is 6.10. The zero-order valence-electron chi connectivity index (χ0n) is 10.9. The lowest BCUT2D eigenvalue weighted by Crippen LogP contribution is -2.18. The molecule has 19 heavy (non-hydrogen) atoms. The number of hydrogen-bond acceptors (Lipinski definition) is 3. The fourth-order valence-corrected chi connectivity index (χ4v) is 3.06. The van der Waals surface area contributed by atoms with Gasteiger partial charge in [-0.2, -0.15) is 4.99 Å². The Morgan fingerprint density at radius 2 is 2.05 bits per heavy atom. The van der Waals surface area contributed by atoms with Crippen molar-refractivity contribution in [3.63, 3.8) is 0 Å². The van der Waals surface area contributed by atoms with Crippen LogP contribution in [0, 0.1) is 0 Å². The molecule has 1 heterocycles. The molecule has 3 nitrogen and oxygen atoms in total. The van der Waals surface area contributed by atoms with Gasteiger partial charge in [-0.15, -0.1) is 0 Å². The molecule has 0 atom stereocenters. The Morgan fingerprint density at radius 1 is 1.32 bits per heavy atom. The number of nitrogens with zero attached hydrogens (tertiary/aromatic N) is 2. The van der Waals surface area contributed by atoms with Gasteiger partial charge in [-0.05, 0) is 56.0 Å². The van der Waals surface area contributed by atoms with Crippen LogP contribution in [-0.4, -0.2) is 24.1 Å². The minimum Gasteiger partial charge on any atom is -0.299 e. The van der Waals surface area contributed by atoms with E-state index >= 15 is 0 Å². The number of halogens is 1. The molecule has 0 bridgehead atoms. The molecular weight excluding hydrogens is 260 g/mol. The molecule has 0 spiro atoms. The summed E-state index contributed by atoms with van der Waals surface area (Å²) in [6, 6.07) is 6.11. The van der Waals surface area contributed by atoms with Crippen molar-refractivity contribution >= 4 is 17.7 Å². The molecule has 0 aromatic heterocycles. The standard InChI is InChI=1S/C15H17ClN2O/c16-14-9-13(15(5-6-15)17-11-19)4-3-12(14)10-18-7-1-2-8-18/h3-4,9H,1-2,5-8,10H2. The molecule has 0 radical (unpaired) electrons. The van der Waals surface area contributed by atoms with E-state index in [0.29, 0.717) is 0 Å². The fourth-order valence-electron chi connectivity index (χ4n) is 2.82. The molecule has 0 N–H and O–H groups in total. The molecule has 0 unspecified atom stereocenters. The first-order valence-electron chi connectivity index (χ1n) is 6.84. The second-order valence-electron chi connectivity index (χ2n) is 5.52. The van der Waals surface area contributed by atoms with Crippen molar-refractivity contribution in [2.24, 2.45) is 4.99 Å². The summed E-state index contributed by atoms with van der Waals surface area (Å²) >= 11 is 6.37. The van der Waals surface area contributed by atoms with Gasteiger partial charge in [0.25, 0.3) is 0 Å². The first-order valence-corrected chi connectivity index (χ1v) is 7.22. The Kier molecular flexibility index (Phi) is 3.44. The Hall–Kier alpha value is -1.15. The predicted octanol–water partition coefficient (Wildman–Crippen LogP) is 3.26. The third kappa shape index (κ3) is 2.59. The van der Waals surface area contributed by atoms with E-state index in [0.717, 1.165) is 48.6 Å². The molecule has 3 rings (SSSR count). The van der Waals surface area contributed by atoms with Gasteiger partial charge in [0.05, 0.1) is 5.54 Å². The van der Waals surface area contributed by atoms with E-state index in [2.05, 4.69) is 22.0 Å². The third-order valence-electron chi connectivity index (χ3n) is 4.17. The van der Waals surface area contributed by atoms with Crippen LogP contribution in [0.1, 0.15) is 36.8 Å². The molecule has 2 fully saturated rings. The van der Waals surface area contributed by atoms with Crippen molar-refractivity contribution < 1.29 is 4.79 Å². The molecule has 1 saturated heterocycles. The van der Waals surface area contributed by atoms with Crippen LogP contribution in [0.3, 0.4) is 0 Å². The molecule has 1 aromatic rings. The molecule has 100 valence electrons. The molecule has 1 aliphatic carbocycles. The van der Waals surface area contributed by atoms with Crippen LogP contribution in [0.15, 0.2) is 23.2 Å². The summed E-state index contributed by atoms with van der Waals surface area (Å²) in [7, 11) is 0. The van der Waals surface area contributed by atoms with Gasteiger partial charge in [-0.25, -0.2) is 4.79 Å². The molecule has 4 heteroatoms. The van der Waals surface area contributed by atoms with Crippen molar-refractivity contribution in [2.75, 3.05) is 13.1 Å². The van der Waals surface area contributed by atoms with E-state index in [9.17, 15) is 4.79 Å². The van der Waals surface area contributed by atoms with Crippen molar-refractivity contribution in [3.8, 4) is 0 Å². The van der Waals surface area contributed by atoms with Gasteiger partial charge in [0.1, 0.15) is 0 Å². The Labute approximate surface area is 118 Å². The highest BCUT2D eigenvalue weighted by molar-refractivity contribution is 6.31. The molecule has 1 saturated carbocycles. The van der Waals surface area contributed by atoms with Crippen LogP contribution in [0.2, 0.25) is 5.02 Å². The van der Waals surface area contributed by atoms with Crippen LogP contribution < -0.4 is 0 Å². The van der Waals surface area contributed by atoms with E-state index in [1.54, 1.807) is 6.08 Å². The minimum atomic E-state index is -0.322. The number of aliphatic imine (C=N–C) groups is 1. The maximum atomic E-state index is 10.5. The van der Waals surface area contributed by atoms with Crippen LogP contribution in [0.25, 0.3) is 0 Å². The maximum Gasteiger partial charge on any atom is 0.235 e. The summed E-state index contributed by atoms with van der Waals surface area (Å²) in [5.41, 5.74) is 1.89. The van der Waals surface area contributed by atoms with Gasteiger partial charge in [0.15, 0.2) is 0 Å². The van der Waals surface area contributed by atoms with Gasteiger partial charge in [-0.3, -0.25) is 4.90 Å². The summed E-state index contributed by atoms with van der Waals surface area (Å²) < 4.78 is 0. The topological polar surface area (TPSA) is 32.7 Å². The van der Waals surface area contributed by atoms with Crippen LogP contribution in [0.4, 0.5) is 0 Å². The van der Waals surface area contributed by atoms with Gasteiger partial charge in [0, 0.05) is 11.6 Å². The highest BCUT2D eigenvalue weighted by Gasteiger charge is 2.45. The lowest BCUT2D eigenvalue weighted by atomic mass is 10.0. The number of carbonyl (C=O) groups excluding carboxylic acids is 1. The first-order chi connectivity index (χ1) is 9.23. The van der Waals surface area contributed by atoms with Crippen LogP contribution in [-0.2, 0) is 16.9 Å². The normalized spacial score (nSPS) is 21.1. The molecule has 1 aliphatic heterocycles. The van der Waals surface area contributed by atoms with E-state index < -0.39 is 0 Å². The van der Waals surface area contributed by atoms with E-state index in [1.165, 1.54) is 12.8 Å². The minimum absolute atomic E-state index is 0.322. The zero-order valence-corrected chi connectivity index (χ0v) is 11.6. The number of rotatable bonds is 4. The van der Waals surface area contributed by atoms with E-state index in [-0.39, 0.29) is 5.54 Å². The number of likely N-dealkylation sites (tertiary alicyclic amines) is 1. The largest absolute Gasteiger partial charge is 0.299 e. The van der Waals surface area contributed by atoms with Crippen molar-refractivity contribution in [2.45, 2.75) is 37.8 Å². The lowest BCUT2D eigenvalue weighted by Gasteiger charge is -2.17. The summed E-state index contributed by atoms with van der Waals surface area (Å²) in [5, 5.41) is 0.789. The molecule has 2 aliphatic rings. The van der Waals surface area contributed by atoms with Crippen LogP contribution >= 0.6 is 11.6 Å². The van der Waals surface area contributed by atoms with Gasteiger partial charge in [-0.1, -0.05) is 23.7 Å². The molecule has 1 aromatic carbocycles. The molecular formula is C15H17ClN2O. The van der Waals surface area contributed by atoms with Crippen molar-refractivity contribution in [1.29, 1.82) is 0 Å². The molecule has 0 amide bonds. The lowest BCUT2D eigenvalue weighted by molar-refractivity contribution is 0.331. The zero-order chi connectivity index (χ0) is 13.3. The van der Waals surface area contributed by atoms with E-state index in [4.69, 9.17) is 11.6 Å². The summed E-state index contributed by atoms with van der Waals surface area (Å²) in [5.74, 6) is 0. The Morgan fingerprint density at radius 3 is 2.63 bits per heavy atom. The van der Waals surface area contributed by atoms with Crippen molar-refractivity contribution in [3.05, 3.63) is 34.3 Å². The average molecular weight is 277 g/mol. The Bertz CT molecular complexity index is 527. The van der Waals surface area contributed by atoms with Gasteiger partial charge < -0.3 is 0 Å². The SMILES string of the molecule is O=C=NC1(c2ccc(CN3CCCC3)c(Cl)c2)CC1. The first kappa shape index (κ1) is 12.9. The smallest absolute Gasteiger partial charge is 0.235 e. The second-order valence-corrected chi connectivity index (χ2v) is 5.93. The monoisotopic (exact) mass is 276 g/mol. The third-order valence-corrected chi connectivity index (χ3v) is 4.52. The average Bonchev–Trinajstić information content (AvgIpc) is 3.00. The highest BCUT2D eigenvalue weighted by atomic mass is 35.5. The number of hydrogen-bond donors (Lipinski definition) is 0. The summed E-state index contributed by atoms with van der Waals surface area (Å²) in [6.45, 7) is 3.25. The fraction of sp³-hybridized carbons (Fsp3) is 0.533. The Balaban J connectivity index is 1.79. The second kappa shape index (κ2) is 5.09. The summed E-state index contributed by atoms with van der Waals surface area (Å²) in [4.78, 5) is 16.8. The maximum absolute atomic E-state index is 10.5. The quantitative estimate of drug-likeness (QED) is 0.625. The number of benzene rings is 1. The number of isocyanates is 1. The van der Waals surface area contributed by atoms with E-state index in [1.807, 2.05) is 6.07 Å². The van der Waals surface area contributed by atoms with Gasteiger partial charge >= 0.3 is 0 Å². The highest BCUT2D eigenvalue weighted by Crippen LogP contribution is 2.49. The predicted molar refractivity (Wildman–Crippen MR) is 75.0 cm³/mol. The van der Waals surface area contributed by atoms with Crippen LogP contribution in [0.5, 0.6) is 0 Å². The van der Waals surface area contributed by atoms with Gasteiger partial charge in [0.2, 0.25) is 6.08 Å². The van der Waals surface area contributed by atoms with Crippen molar-refractivity contribution in [1.82, 2.24) is 4.90 Å².